The summed E-state index contributed by atoms with van der Waals surface area (Å²) in [6.07, 6.45) is 1.38. The molecule has 0 aromatic heterocycles. The van der Waals surface area contributed by atoms with Crippen LogP contribution in [0.25, 0.3) is 6.08 Å². The van der Waals surface area contributed by atoms with Crippen LogP contribution in [0.3, 0.4) is 0 Å². The summed E-state index contributed by atoms with van der Waals surface area (Å²) in [4.78, 5) is 37.6. The fraction of sp³-hybridized carbons (Fsp3) is 0.115. The maximum Gasteiger partial charge on any atom is 0.270 e. The molecule has 0 aliphatic carbocycles. The Balaban J connectivity index is 1.64. The first-order valence-corrected chi connectivity index (χ1v) is 12.4. The maximum absolute atomic E-state index is 13.4. The van der Waals surface area contributed by atoms with Gasteiger partial charge in [0.1, 0.15) is 18.0 Å². The highest BCUT2D eigenvalue weighted by Gasteiger charge is 2.34. The third-order valence-electron chi connectivity index (χ3n) is 5.33. The van der Waals surface area contributed by atoms with Gasteiger partial charge in [-0.05, 0) is 88.7 Å². The molecule has 2 amide bonds. The number of benzene rings is 3. The van der Waals surface area contributed by atoms with Gasteiger partial charge in [-0.2, -0.15) is 0 Å². The molecular formula is C26H19BrFN3O6S. The van der Waals surface area contributed by atoms with Gasteiger partial charge < -0.3 is 9.47 Å². The topological polar surface area (TPSA) is 111 Å². The van der Waals surface area contributed by atoms with Gasteiger partial charge in [0.05, 0.1) is 21.7 Å². The summed E-state index contributed by atoms with van der Waals surface area (Å²) in [6, 6.07) is 14.4. The molecule has 0 spiro atoms. The van der Waals surface area contributed by atoms with Gasteiger partial charge in [-0.25, -0.2) is 4.39 Å². The molecule has 1 saturated heterocycles. The van der Waals surface area contributed by atoms with E-state index in [1.54, 1.807) is 31.2 Å². The number of carbonyl (C=O) groups excluding carboxylic acids is 2. The molecule has 12 heteroatoms. The Bertz CT molecular complexity index is 1480. The third kappa shape index (κ3) is 5.87. The van der Waals surface area contributed by atoms with E-state index >= 15 is 0 Å². The molecular weight excluding hydrogens is 581 g/mol. The summed E-state index contributed by atoms with van der Waals surface area (Å²) in [5, 5.41) is 13.4. The van der Waals surface area contributed by atoms with Crippen molar-refractivity contribution in [3.05, 3.63) is 97.8 Å². The molecule has 9 nitrogen and oxygen atoms in total. The number of rotatable bonds is 8. The van der Waals surface area contributed by atoms with Crippen molar-refractivity contribution in [2.75, 3.05) is 11.5 Å². The Morgan fingerprint density at radius 1 is 1.13 bits per heavy atom. The zero-order chi connectivity index (χ0) is 27.4. The largest absolute Gasteiger partial charge is 0.490 e. The SMILES string of the molecule is CCOc1cc(/C=C2/C(=O)NC(=S)N(c3ccc(F)cc3)C2=O)cc(Br)c1OCc1cccc([N+](=O)[O-])c1. The molecule has 1 N–H and O–H groups in total. The van der Waals surface area contributed by atoms with Gasteiger partial charge in [-0.3, -0.25) is 29.9 Å². The Hall–Kier alpha value is -4.16. The van der Waals surface area contributed by atoms with Crippen LogP contribution in [0.2, 0.25) is 0 Å². The van der Waals surface area contributed by atoms with Gasteiger partial charge >= 0.3 is 0 Å². The Labute approximate surface area is 230 Å². The van der Waals surface area contributed by atoms with E-state index in [4.69, 9.17) is 21.7 Å². The zero-order valence-corrected chi connectivity index (χ0v) is 22.2. The van der Waals surface area contributed by atoms with Crippen LogP contribution in [0.1, 0.15) is 18.1 Å². The lowest BCUT2D eigenvalue weighted by Crippen LogP contribution is -2.54. The standard InChI is InChI=1S/C26H19BrFN3O6S/c1-2-36-22-13-16(12-21(27)23(22)37-14-15-4-3-5-19(10-15)31(34)35)11-20-24(32)29-26(38)30(25(20)33)18-8-6-17(28)7-9-18/h3-13H,2,14H2,1H3,(H,29,32,38)/b20-11-. The molecule has 3 aromatic carbocycles. The first-order chi connectivity index (χ1) is 18.2. The minimum absolute atomic E-state index is 0.0335. The van der Waals surface area contributed by atoms with E-state index in [1.807, 2.05) is 0 Å². The fourth-order valence-corrected chi connectivity index (χ4v) is 4.49. The molecule has 4 rings (SSSR count). The highest BCUT2D eigenvalue weighted by molar-refractivity contribution is 9.10. The van der Waals surface area contributed by atoms with Gasteiger partial charge in [0, 0.05) is 12.1 Å². The number of thiocarbonyl (C=S) groups is 1. The third-order valence-corrected chi connectivity index (χ3v) is 6.21. The molecule has 0 atom stereocenters. The summed E-state index contributed by atoms with van der Waals surface area (Å²) in [5.41, 5.74) is 1.09. The number of nitro benzene ring substituents is 1. The lowest BCUT2D eigenvalue weighted by Gasteiger charge is -2.29. The van der Waals surface area contributed by atoms with Crippen LogP contribution in [0.4, 0.5) is 15.8 Å². The number of non-ortho nitro benzene ring substituents is 1. The monoisotopic (exact) mass is 599 g/mol. The van der Waals surface area contributed by atoms with Crippen LogP contribution < -0.4 is 19.7 Å². The van der Waals surface area contributed by atoms with E-state index in [9.17, 15) is 24.1 Å². The molecule has 3 aromatic rings. The first kappa shape index (κ1) is 26.9. The summed E-state index contributed by atoms with van der Waals surface area (Å²) in [5.74, 6) is -1.17. The molecule has 1 fully saturated rings. The number of halogens is 2. The van der Waals surface area contributed by atoms with Crippen molar-refractivity contribution in [3.63, 3.8) is 0 Å². The minimum Gasteiger partial charge on any atom is -0.490 e. The first-order valence-electron chi connectivity index (χ1n) is 11.2. The van der Waals surface area contributed by atoms with Gasteiger partial charge in [0.2, 0.25) is 0 Å². The van der Waals surface area contributed by atoms with Crippen molar-refractivity contribution in [3.8, 4) is 11.5 Å². The van der Waals surface area contributed by atoms with Crippen molar-refractivity contribution < 1.29 is 28.4 Å². The molecule has 38 heavy (non-hydrogen) atoms. The number of nitrogens with zero attached hydrogens (tertiary/aromatic N) is 2. The molecule has 1 heterocycles. The van der Waals surface area contributed by atoms with Gasteiger partial charge in [0.15, 0.2) is 16.6 Å². The predicted molar refractivity (Wildman–Crippen MR) is 145 cm³/mol. The molecule has 0 unspecified atom stereocenters. The number of anilines is 1. The number of hydrogen-bond acceptors (Lipinski definition) is 7. The Morgan fingerprint density at radius 2 is 1.87 bits per heavy atom. The van der Waals surface area contributed by atoms with Crippen molar-refractivity contribution in [1.82, 2.24) is 5.32 Å². The molecule has 1 aliphatic heterocycles. The Morgan fingerprint density at radius 3 is 2.55 bits per heavy atom. The molecule has 194 valence electrons. The van der Waals surface area contributed by atoms with Gasteiger partial charge in [-0.15, -0.1) is 0 Å². The number of ether oxygens (including phenoxy) is 2. The second-order valence-corrected chi connectivity index (χ2v) is 9.15. The van der Waals surface area contributed by atoms with Crippen LogP contribution in [0.5, 0.6) is 11.5 Å². The van der Waals surface area contributed by atoms with Crippen LogP contribution in [-0.2, 0) is 16.2 Å². The number of nitrogens with one attached hydrogen (secondary N) is 1. The van der Waals surface area contributed by atoms with Crippen LogP contribution in [-0.4, -0.2) is 28.5 Å². The maximum atomic E-state index is 13.4. The zero-order valence-electron chi connectivity index (χ0n) is 19.8. The van der Waals surface area contributed by atoms with Crippen LogP contribution in [0.15, 0.2) is 70.7 Å². The summed E-state index contributed by atoms with van der Waals surface area (Å²) in [6.45, 7) is 2.11. The normalized spacial score (nSPS) is 14.4. The lowest BCUT2D eigenvalue weighted by atomic mass is 10.1. The van der Waals surface area contributed by atoms with Gasteiger partial charge in [-0.1, -0.05) is 12.1 Å². The van der Waals surface area contributed by atoms with E-state index in [0.717, 1.165) is 4.90 Å². The summed E-state index contributed by atoms with van der Waals surface area (Å²) < 4.78 is 25.5. The van der Waals surface area contributed by atoms with Crippen molar-refractivity contribution in [2.24, 2.45) is 0 Å². The van der Waals surface area contributed by atoms with E-state index < -0.39 is 22.6 Å². The smallest absolute Gasteiger partial charge is 0.270 e. The Kier molecular flexibility index (Phi) is 8.13. The highest BCUT2D eigenvalue weighted by atomic mass is 79.9. The van der Waals surface area contributed by atoms with Crippen LogP contribution >= 0.6 is 28.1 Å². The summed E-state index contributed by atoms with van der Waals surface area (Å²) in [7, 11) is 0. The number of nitro groups is 1. The highest BCUT2D eigenvalue weighted by Crippen LogP contribution is 2.38. The van der Waals surface area contributed by atoms with E-state index in [2.05, 4.69) is 21.2 Å². The average Bonchev–Trinajstić information content (AvgIpc) is 2.87. The quantitative estimate of drug-likeness (QED) is 0.123. The average molecular weight is 600 g/mol. The minimum atomic E-state index is -0.682. The van der Waals surface area contributed by atoms with Gasteiger partial charge in [0.25, 0.3) is 17.5 Å². The number of carbonyl (C=O) groups is 2. The van der Waals surface area contributed by atoms with E-state index in [-0.39, 0.29) is 23.0 Å². The second-order valence-electron chi connectivity index (χ2n) is 7.91. The van der Waals surface area contributed by atoms with Crippen molar-refractivity contribution >= 4 is 62.5 Å². The summed E-state index contributed by atoms with van der Waals surface area (Å²) >= 11 is 8.61. The second kappa shape index (κ2) is 11.5. The van der Waals surface area contributed by atoms with Crippen LogP contribution in [0, 0.1) is 15.9 Å². The number of amides is 2. The van der Waals surface area contributed by atoms with Crippen molar-refractivity contribution in [1.29, 1.82) is 0 Å². The molecule has 1 aliphatic rings. The molecule has 0 radical (unpaired) electrons. The van der Waals surface area contributed by atoms with Crippen molar-refractivity contribution in [2.45, 2.75) is 13.5 Å². The lowest BCUT2D eigenvalue weighted by molar-refractivity contribution is -0.384. The molecule has 0 saturated carbocycles. The predicted octanol–water partition coefficient (Wildman–Crippen LogP) is 5.31. The van der Waals surface area contributed by atoms with E-state index in [1.165, 1.54) is 42.5 Å². The molecule has 0 bridgehead atoms. The fourth-order valence-electron chi connectivity index (χ4n) is 3.64. The number of hydrogen-bond donors (Lipinski definition) is 1. The van der Waals surface area contributed by atoms with E-state index in [0.29, 0.717) is 39.4 Å².